The fourth-order valence-electron chi connectivity index (χ4n) is 2.77. The molecule has 2 heterocycles. The number of aromatic amines is 1. The molecule has 1 aromatic carbocycles. The second-order valence-corrected chi connectivity index (χ2v) is 5.92. The summed E-state index contributed by atoms with van der Waals surface area (Å²) in [6.07, 6.45) is 2.28. The van der Waals surface area contributed by atoms with Gasteiger partial charge in [-0.15, -0.1) is 0 Å². The zero-order chi connectivity index (χ0) is 17.1. The molecule has 0 atom stereocenters. The fraction of sp³-hybridized carbons (Fsp3) is 0.263. The molecule has 0 spiro atoms. The van der Waals surface area contributed by atoms with Crippen LogP contribution in [0.5, 0.6) is 0 Å². The lowest BCUT2D eigenvalue weighted by Gasteiger charge is -2.21. The summed E-state index contributed by atoms with van der Waals surface area (Å²) in [5.74, 6) is 0.0853. The van der Waals surface area contributed by atoms with Gasteiger partial charge in [0.15, 0.2) is 5.76 Å². The summed E-state index contributed by atoms with van der Waals surface area (Å²) in [5, 5.41) is 0.964. The van der Waals surface area contributed by atoms with Crippen molar-refractivity contribution in [2.45, 2.75) is 26.8 Å². The number of rotatable bonds is 5. The normalized spacial score (nSPS) is 10.9. The van der Waals surface area contributed by atoms with Crippen LogP contribution in [0.3, 0.4) is 0 Å². The topological polar surface area (TPSA) is 66.3 Å². The molecule has 5 heteroatoms. The molecule has 2 aromatic heterocycles. The Bertz CT molecular complexity index is 910. The Kier molecular flexibility index (Phi) is 4.51. The molecule has 0 saturated heterocycles. The number of benzene rings is 1. The lowest BCUT2D eigenvalue weighted by atomic mass is 10.1. The van der Waals surface area contributed by atoms with Crippen LogP contribution in [0.4, 0.5) is 0 Å². The highest BCUT2D eigenvalue weighted by molar-refractivity contribution is 5.91. The molecule has 5 nitrogen and oxygen atoms in total. The number of hydrogen-bond donors (Lipinski definition) is 1. The van der Waals surface area contributed by atoms with Crippen LogP contribution in [0.2, 0.25) is 0 Å². The molecule has 1 amide bonds. The maximum atomic E-state index is 12.5. The Labute approximate surface area is 139 Å². The Morgan fingerprint density at radius 2 is 2.08 bits per heavy atom. The SMILES string of the molecule is CCCN(Cc1cc2cc(C)ccc2[nH]c1=O)C(=O)c1ccco1. The Morgan fingerprint density at radius 1 is 1.25 bits per heavy atom. The van der Waals surface area contributed by atoms with Crippen molar-refractivity contribution >= 4 is 16.8 Å². The van der Waals surface area contributed by atoms with Gasteiger partial charge < -0.3 is 14.3 Å². The van der Waals surface area contributed by atoms with Gasteiger partial charge in [-0.05, 0) is 49.1 Å². The van der Waals surface area contributed by atoms with Gasteiger partial charge in [-0.25, -0.2) is 0 Å². The fourth-order valence-corrected chi connectivity index (χ4v) is 2.77. The lowest BCUT2D eigenvalue weighted by molar-refractivity contribution is 0.0710. The second-order valence-electron chi connectivity index (χ2n) is 5.92. The van der Waals surface area contributed by atoms with Gasteiger partial charge in [-0.2, -0.15) is 0 Å². The summed E-state index contributed by atoms with van der Waals surface area (Å²) in [6, 6.07) is 11.1. The molecule has 3 rings (SSSR count). The highest BCUT2D eigenvalue weighted by Crippen LogP contribution is 2.15. The van der Waals surface area contributed by atoms with E-state index in [1.165, 1.54) is 6.26 Å². The van der Waals surface area contributed by atoms with E-state index < -0.39 is 0 Å². The number of carbonyl (C=O) groups is 1. The van der Waals surface area contributed by atoms with Gasteiger partial charge in [0.05, 0.1) is 12.8 Å². The first-order chi connectivity index (χ1) is 11.6. The summed E-state index contributed by atoms with van der Waals surface area (Å²) in [4.78, 5) is 29.4. The molecule has 24 heavy (non-hydrogen) atoms. The number of nitrogens with one attached hydrogen (secondary N) is 1. The molecule has 1 N–H and O–H groups in total. The summed E-state index contributed by atoms with van der Waals surface area (Å²) in [7, 11) is 0. The summed E-state index contributed by atoms with van der Waals surface area (Å²) >= 11 is 0. The van der Waals surface area contributed by atoms with Crippen molar-refractivity contribution in [2.75, 3.05) is 6.54 Å². The molecule has 0 unspecified atom stereocenters. The number of aryl methyl sites for hydroxylation is 1. The molecule has 0 saturated carbocycles. The molecular formula is C19H20N2O3. The quantitative estimate of drug-likeness (QED) is 0.781. The first-order valence-electron chi connectivity index (χ1n) is 8.04. The van der Waals surface area contributed by atoms with Crippen LogP contribution in [0, 0.1) is 6.92 Å². The smallest absolute Gasteiger partial charge is 0.289 e. The van der Waals surface area contributed by atoms with Crippen LogP contribution in [-0.2, 0) is 6.54 Å². The van der Waals surface area contributed by atoms with Crippen molar-refractivity contribution in [2.24, 2.45) is 0 Å². The lowest BCUT2D eigenvalue weighted by Crippen LogP contribution is -2.33. The van der Waals surface area contributed by atoms with Crippen LogP contribution >= 0.6 is 0 Å². The Balaban J connectivity index is 1.94. The first-order valence-corrected chi connectivity index (χ1v) is 8.04. The molecular weight excluding hydrogens is 304 g/mol. The van der Waals surface area contributed by atoms with E-state index in [2.05, 4.69) is 4.98 Å². The molecule has 0 aliphatic rings. The van der Waals surface area contributed by atoms with Gasteiger partial charge in [0.1, 0.15) is 0 Å². The molecule has 3 aromatic rings. The maximum Gasteiger partial charge on any atom is 0.289 e. The van der Waals surface area contributed by atoms with Crippen LogP contribution in [0.15, 0.2) is 51.9 Å². The number of aromatic nitrogens is 1. The summed E-state index contributed by atoms with van der Waals surface area (Å²) in [5.41, 5.74) is 2.33. The van der Waals surface area contributed by atoms with E-state index in [1.807, 2.05) is 38.1 Å². The standard InChI is InChI=1S/C19H20N2O3/c1-3-8-21(19(23)17-5-4-9-24-17)12-15-11-14-10-13(2)6-7-16(14)20-18(15)22/h4-7,9-11H,3,8,12H2,1-2H3,(H,20,22). The average molecular weight is 324 g/mol. The second kappa shape index (κ2) is 6.74. The van der Waals surface area contributed by atoms with Crippen LogP contribution in [0.1, 0.15) is 35.0 Å². The highest BCUT2D eigenvalue weighted by atomic mass is 16.3. The van der Waals surface area contributed by atoms with Gasteiger partial charge in [0, 0.05) is 17.6 Å². The van der Waals surface area contributed by atoms with Crippen molar-refractivity contribution in [1.82, 2.24) is 9.88 Å². The van der Waals surface area contributed by atoms with E-state index in [0.717, 1.165) is 22.9 Å². The van der Waals surface area contributed by atoms with E-state index in [-0.39, 0.29) is 23.8 Å². The van der Waals surface area contributed by atoms with E-state index in [9.17, 15) is 9.59 Å². The molecule has 0 bridgehead atoms. The number of amides is 1. The molecule has 0 radical (unpaired) electrons. The maximum absolute atomic E-state index is 12.5. The first kappa shape index (κ1) is 16.1. The zero-order valence-electron chi connectivity index (χ0n) is 13.8. The number of furan rings is 1. The zero-order valence-corrected chi connectivity index (χ0v) is 13.8. The summed E-state index contributed by atoms with van der Waals surface area (Å²) < 4.78 is 5.20. The van der Waals surface area contributed by atoms with Crippen molar-refractivity contribution in [3.8, 4) is 0 Å². The minimum atomic E-state index is -0.203. The Hall–Kier alpha value is -2.82. The van der Waals surface area contributed by atoms with Crippen molar-refractivity contribution in [3.05, 3.63) is 69.9 Å². The van der Waals surface area contributed by atoms with Gasteiger partial charge in [-0.1, -0.05) is 18.6 Å². The van der Waals surface area contributed by atoms with Gasteiger partial charge in [0.25, 0.3) is 11.5 Å². The number of nitrogens with zero attached hydrogens (tertiary/aromatic N) is 1. The number of pyridine rings is 1. The minimum absolute atomic E-state index is 0.167. The summed E-state index contributed by atoms with van der Waals surface area (Å²) in [6.45, 7) is 4.82. The Morgan fingerprint density at radius 3 is 2.79 bits per heavy atom. The van der Waals surface area contributed by atoms with Gasteiger partial charge >= 0.3 is 0 Å². The highest BCUT2D eigenvalue weighted by Gasteiger charge is 2.19. The van der Waals surface area contributed by atoms with Gasteiger partial charge in [0.2, 0.25) is 0 Å². The molecule has 0 aliphatic heterocycles. The van der Waals surface area contributed by atoms with E-state index in [4.69, 9.17) is 4.42 Å². The monoisotopic (exact) mass is 324 g/mol. The van der Waals surface area contributed by atoms with Crippen LogP contribution in [-0.4, -0.2) is 22.3 Å². The largest absolute Gasteiger partial charge is 0.459 e. The van der Waals surface area contributed by atoms with E-state index >= 15 is 0 Å². The van der Waals surface area contributed by atoms with E-state index in [0.29, 0.717) is 12.1 Å². The predicted molar refractivity (Wildman–Crippen MR) is 93.0 cm³/mol. The third-order valence-corrected chi connectivity index (χ3v) is 3.95. The average Bonchev–Trinajstić information content (AvgIpc) is 3.09. The number of H-pyrrole nitrogens is 1. The number of carbonyl (C=O) groups excluding carboxylic acids is 1. The molecule has 0 aliphatic carbocycles. The van der Waals surface area contributed by atoms with Crippen LogP contribution < -0.4 is 5.56 Å². The van der Waals surface area contributed by atoms with E-state index in [1.54, 1.807) is 17.0 Å². The van der Waals surface area contributed by atoms with Crippen molar-refractivity contribution in [3.63, 3.8) is 0 Å². The molecule has 124 valence electrons. The number of fused-ring (bicyclic) bond motifs is 1. The van der Waals surface area contributed by atoms with Crippen LogP contribution in [0.25, 0.3) is 10.9 Å². The molecule has 0 fully saturated rings. The van der Waals surface area contributed by atoms with Crippen molar-refractivity contribution in [1.29, 1.82) is 0 Å². The van der Waals surface area contributed by atoms with Crippen molar-refractivity contribution < 1.29 is 9.21 Å². The number of hydrogen-bond acceptors (Lipinski definition) is 3. The third-order valence-electron chi connectivity index (χ3n) is 3.95. The third kappa shape index (κ3) is 3.25. The predicted octanol–water partition coefficient (Wildman–Crippen LogP) is 3.48. The van der Waals surface area contributed by atoms with Gasteiger partial charge in [-0.3, -0.25) is 9.59 Å². The minimum Gasteiger partial charge on any atom is -0.459 e.